The van der Waals surface area contributed by atoms with Crippen molar-refractivity contribution in [2.75, 3.05) is 19.6 Å². The Labute approximate surface area is 162 Å². The number of aromatic nitrogens is 2. The van der Waals surface area contributed by atoms with Crippen LogP contribution in [0.2, 0.25) is 0 Å². The van der Waals surface area contributed by atoms with Crippen molar-refractivity contribution >= 4 is 15.9 Å². The topological polar surface area (TPSA) is 75.5 Å². The van der Waals surface area contributed by atoms with Gasteiger partial charge in [-0.3, -0.25) is 9.48 Å². The van der Waals surface area contributed by atoms with Crippen LogP contribution in [0.3, 0.4) is 0 Å². The number of piperidine rings is 2. The average molecular weight is 397 g/mol. The van der Waals surface area contributed by atoms with Crippen molar-refractivity contribution in [3.05, 3.63) is 11.4 Å². The molecular formula is C19H32N4O3S. The van der Waals surface area contributed by atoms with Gasteiger partial charge in [-0.2, -0.15) is 9.40 Å². The van der Waals surface area contributed by atoms with E-state index in [9.17, 15) is 13.2 Å². The van der Waals surface area contributed by atoms with Crippen molar-refractivity contribution in [3.63, 3.8) is 0 Å². The quantitative estimate of drug-likeness (QED) is 0.766. The first-order chi connectivity index (χ1) is 12.9. The molecule has 1 atom stereocenters. The number of amides is 1. The molecule has 2 aliphatic rings. The smallest absolute Gasteiger partial charge is 0.246 e. The normalized spacial score (nSPS) is 22.2. The monoisotopic (exact) mass is 396 g/mol. The third kappa shape index (κ3) is 4.06. The van der Waals surface area contributed by atoms with Crippen LogP contribution in [0.25, 0.3) is 0 Å². The number of hydrogen-bond acceptors (Lipinski definition) is 4. The molecule has 2 fully saturated rings. The van der Waals surface area contributed by atoms with E-state index in [-0.39, 0.29) is 17.3 Å². The zero-order valence-electron chi connectivity index (χ0n) is 16.8. The number of carbonyl (C=O) groups is 1. The highest BCUT2D eigenvalue weighted by Crippen LogP contribution is 2.26. The highest BCUT2D eigenvalue weighted by molar-refractivity contribution is 7.89. The number of likely N-dealkylation sites (tertiary alicyclic amines) is 1. The van der Waals surface area contributed by atoms with Crippen LogP contribution in [0.15, 0.2) is 4.90 Å². The highest BCUT2D eigenvalue weighted by atomic mass is 32.2. The molecule has 0 bridgehead atoms. The molecule has 3 rings (SSSR count). The largest absolute Gasteiger partial charge is 0.338 e. The zero-order chi connectivity index (χ0) is 19.6. The fourth-order valence-electron chi connectivity index (χ4n) is 4.41. The van der Waals surface area contributed by atoms with Gasteiger partial charge in [-0.25, -0.2) is 8.42 Å². The van der Waals surface area contributed by atoms with E-state index in [1.807, 2.05) is 4.90 Å². The molecule has 1 aromatic rings. The Morgan fingerprint density at radius 1 is 1.07 bits per heavy atom. The Bertz CT molecular complexity index is 781. The second-order valence-electron chi connectivity index (χ2n) is 7.77. The molecule has 0 N–H and O–H groups in total. The molecule has 7 nitrogen and oxygen atoms in total. The maximum atomic E-state index is 13.1. The minimum atomic E-state index is -3.55. The van der Waals surface area contributed by atoms with E-state index in [0.29, 0.717) is 30.5 Å². The predicted octanol–water partition coefficient (Wildman–Crippen LogP) is 2.47. The van der Waals surface area contributed by atoms with Gasteiger partial charge >= 0.3 is 0 Å². The number of nitrogens with zero attached hydrogens (tertiary/aromatic N) is 4. The van der Waals surface area contributed by atoms with E-state index < -0.39 is 10.0 Å². The number of sulfonamides is 1. The van der Waals surface area contributed by atoms with Gasteiger partial charge in [0.15, 0.2) is 0 Å². The van der Waals surface area contributed by atoms with Crippen molar-refractivity contribution in [2.24, 2.45) is 0 Å². The first-order valence-electron chi connectivity index (χ1n) is 10.2. The molecule has 0 radical (unpaired) electrons. The summed E-state index contributed by atoms with van der Waals surface area (Å²) in [7, 11) is -3.55. The average Bonchev–Trinajstić information content (AvgIpc) is 2.96. The van der Waals surface area contributed by atoms with Crippen LogP contribution in [0.5, 0.6) is 0 Å². The van der Waals surface area contributed by atoms with Gasteiger partial charge in [-0.05, 0) is 52.4 Å². The molecule has 0 aromatic carbocycles. The highest BCUT2D eigenvalue weighted by Gasteiger charge is 2.33. The Hall–Kier alpha value is -1.41. The summed E-state index contributed by atoms with van der Waals surface area (Å²) in [4.78, 5) is 15.1. The molecule has 0 unspecified atom stereocenters. The molecule has 1 aromatic heterocycles. The fraction of sp³-hybridized carbons (Fsp3) is 0.789. The van der Waals surface area contributed by atoms with Gasteiger partial charge in [0.25, 0.3) is 0 Å². The van der Waals surface area contributed by atoms with Crippen LogP contribution in [-0.2, 0) is 21.4 Å². The summed E-state index contributed by atoms with van der Waals surface area (Å²) in [6.45, 7) is 7.63. The second kappa shape index (κ2) is 8.31. The van der Waals surface area contributed by atoms with E-state index in [1.54, 1.807) is 22.8 Å². The molecule has 2 saturated heterocycles. The van der Waals surface area contributed by atoms with Crippen LogP contribution in [0, 0.1) is 13.8 Å². The second-order valence-corrected chi connectivity index (χ2v) is 9.64. The van der Waals surface area contributed by atoms with Crippen LogP contribution < -0.4 is 0 Å². The Kier molecular flexibility index (Phi) is 6.25. The van der Waals surface area contributed by atoms with Crippen LogP contribution in [0.4, 0.5) is 0 Å². The molecule has 0 spiro atoms. The van der Waals surface area contributed by atoms with E-state index in [0.717, 1.165) is 45.1 Å². The Morgan fingerprint density at radius 3 is 2.41 bits per heavy atom. The van der Waals surface area contributed by atoms with Gasteiger partial charge < -0.3 is 4.90 Å². The first kappa shape index (κ1) is 20.3. The maximum Gasteiger partial charge on any atom is 0.246 e. The lowest BCUT2D eigenvalue weighted by atomic mass is 10.00. The van der Waals surface area contributed by atoms with Crippen molar-refractivity contribution in [2.45, 2.75) is 83.2 Å². The van der Waals surface area contributed by atoms with Crippen molar-refractivity contribution in [1.29, 1.82) is 0 Å². The molecule has 0 saturated carbocycles. The molecule has 0 aliphatic carbocycles. The van der Waals surface area contributed by atoms with E-state index in [2.05, 4.69) is 12.0 Å². The van der Waals surface area contributed by atoms with E-state index in [4.69, 9.17) is 0 Å². The lowest BCUT2D eigenvalue weighted by Crippen LogP contribution is -2.45. The van der Waals surface area contributed by atoms with Crippen LogP contribution in [0.1, 0.15) is 63.3 Å². The Balaban J connectivity index is 1.82. The summed E-state index contributed by atoms with van der Waals surface area (Å²) < 4.78 is 29.4. The summed E-state index contributed by atoms with van der Waals surface area (Å²) in [6.07, 6.45) is 7.08. The van der Waals surface area contributed by atoms with Crippen molar-refractivity contribution in [3.8, 4) is 0 Å². The van der Waals surface area contributed by atoms with Gasteiger partial charge in [0.1, 0.15) is 11.4 Å². The van der Waals surface area contributed by atoms with Gasteiger partial charge in [0, 0.05) is 25.7 Å². The summed E-state index contributed by atoms with van der Waals surface area (Å²) in [5, 5.41) is 4.42. The first-order valence-corrected chi connectivity index (χ1v) is 11.6. The van der Waals surface area contributed by atoms with Crippen LogP contribution >= 0.6 is 0 Å². The molecule has 152 valence electrons. The molecule has 1 amide bonds. The Morgan fingerprint density at radius 2 is 1.74 bits per heavy atom. The van der Waals surface area contributed by atoms with Crippen molar-refractivity contribution < 1.29 is 13.2 Å². The minimum absolute atomic E-state index is 0.0362. The zero-order valence-corrected chi connectivity index (χ0v) is 17.6. The number of carbonyl (C=O) groups excluding carboxylic acids is 1. The standard InChI is InChI=1S/C19H32N4O3S/c1-4-17-10-6-9-13-22(17)18(24)14-23-16(3)19(15(2)20-23)27(25,26)21-11-7-5-8-12-21/h17H,4-14H2,1-3H3/t17-/m0/s1. The van der Waals surface area contributed by atoms with E-state index >= 15 is 0 Å². The van der Waals surface area contributed by atoms with Gasteiger partial charge in [0.2, 0.25) is 15.9 Å². The van der Waals surface area contributed by atoms with E-state index in [1.165, 1.54) is 6.42 Å². The van der Waals surface area contributed by atoms with Gasteiger partial charge in [-0.15, -0.1) is 0 Å². The maximum absolute atomic E-state index is 13.1. The third-order valence-corrected chi connectivity index (χ3v) is 8.08. The summed E-state index contributed by atoms with van der Waals surface area (Å²) in [5.41, 5.74) is 1.05. The van der Waals surface area contributed by atoms with Crippen LogP contribution in [-0.4, -0.2) is 59.0 Å². The number of aryl methyl sites for hydroxylation is 1. The van der Waals surface area contributed by atoms with Gasteiger partial charge in [0.05, 0.1) is 11.4 Å². The minimum Gasteiger partial charge on any atom is -0.338 e. The molecular weight excluding hydrogens is 364 g/mol. The molecule has 2 aliphatic heterocycles. The molecule has 27 heavy (non-hydrogen) atoms. The SMILES string of the molecule is CC[C@H]1CCCCN1C(=O)Cn1nc(C)c(S(=O)(=O)N2CCCCC2)c1C. The summed E-state index contributed by atoms with van der Waals surface area (Å²) in [6, 6.07) is 0.291. The fourth-order valence-corrected chi connectivity index (χ4v) is 6.30. The number of rotatable bonds is 5. The summed E-state index contributed by atoms with van der Waals surface area (Å²) in [5.74, 6) is 0.0362. The summed E-state index contributed by atoms with van der Waals surface area (Å²) >= 11 is 0. The third-order valence-electron chi connectivity index (χ3n) is 5.93. The lowest BCUT2D eigenvalue weighted by Gasteiger charge is -2.35. The molecule has 8 heteroatoms. The predicted molar refractivity (Wildman–Crippen MR) is 104 cm³/mol. The lowest BCUT2D eigenvalue weighted by molar-refractivity contribution is -0.135. The number of hydrogen-bond donors (Lipinski definition) is 0. The van der Waals surface area contributed by atoms with Gasteiger partial charge in [-0.1, -0.05) is 13.3 Å². The van der Waals surface area contributed by atoms with Crippen molar-refractivity contribution in [1.82, 2.24) is 19.0 Å². The molecule has 3 heterocycles.